The van der Waals surface area contributed by atoms with Gasteiger partial charge in [-0.15, -0.1) is 0 Å². The van der Waals surface area contributed by atoms with E-state index in [2.05, 4.69) is 38.3 Å². The molecule has 0 aromatic carbocycles. The maximum atomic E-state index is 12.5. The lowest BCUT2D eigenvalue weighted by Gasteiger charge is -2.29. The normalized spacial score (nSPS) is 14.6. The van der Waals surface area contributed by atoms with Crippen LogP contribution in [0.5, 0.6) is 0 Å². The number of unbranched alkanes of at least 4 members (excludes halogenated alkanes) is 2. The summed E-state index contributed by atoms with van der Waals surface area (Å²) in [6.45, 7) is 12.3. The van der Waals surface area contributed by atoms with Gasteiger partial charge in [-0.2, -0.15) is 11.8 Å². The average Bonchev–Trinajstić information content (AvgIpc) is 2.55. The van der Waals surface area contributed by atoms with Crippen molar-refractivity contribution in [3.8, 4) is 0 Å². The van der Waals surface area contributed by atoms with Crippen LogP contribution < -0.4 is 22.1 Å². The smallest absolute Gasteiger partial charge is 0.154 e. The minimum Gasteiger partial charge on any atom is -0.379 e. The van der Waals surface area contributed by atoms with E-state index in [0.717, 1.165) is 37.3 Å². The third-order valence-electron chi connectivity index (χ3n) is 4.04. The van der Waals surface area contributed by atoms with Gasteiger partial charge in [0, 0.05) is 30.4 Å². The molecule has 0 bridgehead atoms. The molecule has 0 saturated heterocycles. The number of Topliss-reactive ketones (excluding diaryl/α,β-unsaturated/α-hetero) is 1. The number of nitrogens with one attached hydrogen (secondary N) is 2. The van der Waals surface area contributed by atoms with Crippen LogP contribution >= 0.6 is 11.8 Å². The van der Waals surface area contributed by atoms with Crippen LogP contribution in [0, 0.1) is 5.92 Å². The Hall–Kier alpha value is -0.180. The van der Waals surface area contributed by atoms with Gasteiger partial charge in [0.2, 0.25) is 0 Å². The summed E-state index contributed by atoms with van der Waals surface area (Å²) in [7, 11) is 0. The number of rotatable bonds is 16. The summed E-state index contributed by atoms with van der Waals surface area (Å²) < 4.78 is 5.80. The van der Waals surface area contributed by atoms with Crippen molar-refractivity contribution in [3.05, 3.63) is 0 Å². The van der Waals surface area contributed by atoms with E-state index >= 15 is 0 Å². The molecule has 0 radical (unpaired) electrons. The minimum absolute atomic E-state index is 0.0683. The van der Waals surface area contributed by atoms with Crippen molar-refractivity contribution in [3.63, 3.8) is 0 Å². The lowest BCUT2D eigenvalue weighted by molar-refractivity contribution is -0.126. The molecule has 0 aliphatic carbocycles. The molecule has 0 aromatic rings. The summed E-state index contributed by atoms with van der Waals surface area (Å²) in [5.41, 5.74) is 10.7. The first-order valence-electron chi connectivity index (χ1n) is 9.88. The van der Waals surface area contributed by atoms with Gasteiger partial charge in [-0.1, -0.05) is 20.3 Å². The molecule has 2 atom stereocenters. The van der Waals surface area contributed by atoms with Crippen molar-refractivity contribution in [2.75, 3.05) is 31.3 Å². The molecule has 156 valence electrons. The fraction of sp³-hybridized carbons (Fsp3) is 0.947. The molecule has 0 saturated carbocycles. The molecular formula is C19H42N4O2S. The summed E-state index contributed by atoms with van der Waals surface area (Å²) in [5.74, 6) is 2.49. The molecule has 7 heteroatoms. The van der Waals surface area contributed by atoms with Gasteiger partial charge < -0.3 is 21.5 Å². The molecule has 0 heterocycles. The second-order valence-electron chi connectivity index (χ2n) is 7.89. The van der Waals surface area contributed by atoms with Gasteiger partial charge in [-0.25, -0.2) is 0 Å². The lowest BCUT2D eigenvalue weighted by Crippen LogP contribution is -2.51. The zero-order chi connectivity index (χ0) is 20.0. The van der Waals surface area contributed by atoms with Gasteiger partial charge in [-0.05, 0) is 45.8 Å². The van der Waals surface area contributed by atoms with Crippen molar-refractivity contribution in [2.45, 2.75) is 78.2 Å². The SMILES string of the molecule is CCC(C)C(=O)C(COCCCCCSCCNC(N)N)NC(C)(C)C. The van der Waals surface area contributed by atoms with Crippen LogP contribution in [0.25, 0.3) is 0 Å². The van der Waals surface area contributed by atoms with Crippen LogP contribution in [0.2, 0.25) is 0 Å². The van der Waals surface area contributed by atoms with Crippen molar-refractivity contribution >= 4 is 17.5 Å². The third kappa shape index (κ3) is 14.9. The Morgan fingerprint density at radius 3 is 2.42 bits per heavy atom. The maximum absolute atomic E-state index is 12.5. The number of thioether (sulfide) groups is 1. The fourth-order valence-electron chi connectivity index (χ4n) is 2.45. The van der Waals surface area contributed by atoms with E-state index in [9.17, 15) is 4.79 Å². The first kappa shape index (κ1) is 25.8. The molecule has 0 amide bonds. The summed E-state index contributed by atoms with van der Waals surface area (Å²) >= 11 is 1.91. The maximum Gasteiger partial charge on any atom is 0.154 e. The summed E-state index contributed by atoms with van der Waals surface area (Å²) in [5, 5.41) is 6.40. The summed E-state index contributed by atoms with van der Waals surface area (Å²) in [6, 6.07) is -0.220. The van der Waals surface area contributed by atoms with Gasteiger partial charge in [-0.3, -0.25) is 10.1 Å². The second kappa shape index (κ2) is 14.8. The lowest BCUT2D eigenvalue weighted by atomic mass is 9.95. The van der Waals surface area contributed by atoms with Gasteiger partial charge in [0.25, 0.3) is 0 Å². The van der Waals surface area contributed by atoms with Crippen LogP contribution in [0.3, 0.4) is 0 Å². The Morgan fingerprint density at radius 2 is 1.85 bits per heavy atom. The largest absolute Gasteiger partial charge is 0.379 e. The van der Waals surface area contributed by atoms with Gasteiger partial charge in [0.05, 0.1) is 12.6 Å². The Morgan fingerprint density at radius 1 is 1.15 bits per heavy atom. The number of carbonyl (C=O) groups excluding carboxylic acids is 1. The number of ketones is 1. The standard InChI is InChI=1S/C19H42N4O2S/c1-6-15(2)17(24)16(23-19(3,4)5)14-25-11-8-7-9-12-26-13-10-22-18(20)21/h15-16,18,22-23H,6-14,20-21H2,1-5H3. The Bertz CT molecular complexity index is 362. The molecule has 0 fully saturated rings. The van der Waals surface area contributed by atoms with Crippen molar-refractivity contribution < 1.29 is 9.53 Å². The number of nitrogens with two attached hydrogens (primary N) is 2. The van der Waals surface area contributed by atoms with Gasteiger partial charge in [0.15, 0.2) is 5.78 Å². The van der Waals surface area contributed by atoms with Crippen LogP contribution in [0.15, 0.2) is 0 Å². The topological polar surface area (TPSA) is 102 Å². The molecular weight excluding hydrogens is 348 g/mol. The molecule has 6 nitrogen and oxygen atoms in total. The zero-order valence-corrected chi connectivity index (χ0v) is 18.3. The molecule has 0 aromatic heterocycles. The van der Waals surface area contributed by atoms with E-state index in [-0.39, 0.29) is 23.3 Å². The van der Waals surface area contributed by atoms with E-state index in [4.69, 9.17) is 16.2 Å². The highest BCUT2D eigenvalue weighted by molar-refractivity contribution is 7.99. The Kier molecular flexibility index (Phi) is 14.7. The molecule has 0 aliphatic rings. The minimum atomic E-state index is -0.420. The van der Waals surface area contributed by atoms with Crippen LogP contribution in [-0.4, -0.2) is 54.9 Å². The summed E-state index contributed by atoms with van der Waals surface area (Å²) in [6.07, 6.45) is 3.81. The monoisotopic (exact) mass is 390 g/mol. The van der Waals surface area contributed by atoms with Crippen molar-refractivity contribution in [1.82, 2.24) is 10.6 Å². The predicted molar refractivity (Wildman–Crippen MR) is 113 cm³/mol. The molecule has 0 spiro atoms. The highest BCUT2D eigenvalue weighted by Gasteiger charge is 2.26. The first-order chi connectivity index (χ1) is 12.2. The molecule has 26 heavy (non-hydrogen) atoms. The molecule has 0 aliphatic heterocycles. The Balaban J connectivity index is 3.83. The Labute approximate surface area is 164 Å². The van der Waals surface area contributed by atoms with E-state index < -0.39 is 6.29 Å². The van der Waals surface area contributed by atoms with Crippen molar-refractivity contribution in [2.24, 2.45) is 17.4 Å². The number of ether oxygens (including phenoxy) is 1. The first-order valence-corrected chi connectivity index (χ1v) is 11.0. The van der Waals surface area contributed by atoms with E-state index in [0.29, 0.717) is 13.2 Å². The molecule has 6 N–H and O–H groups in total. The van der Waals surface area contributed by atoms with E-state index in [1.165, 1.54) is 6.42 Å². The van der Waals surface area contributed by atoms with E-state index in [1.54, 1.807) is 0 Å². The molecule has 2 unspecified atom stereocenters. The fourth-order valence-corrected chi connectivity index (χ4v) is 3.32. The average molecular weight is 391 g/mol. The predicted octanol–water partition coefficient (Wildman–Crippen LogP) is 2.07. The third-order valence-corrected chi connectivity index (χ3v) is 5.11. The highest BCUT2D eigenvalue weighted by Crippen LogP contribution is 2.11. The van der Waals surface area contributed by atoms with E-state index in [1.807, 2.05) is 18.7 Å². The number of hydrogen-bond donors (Lipinski definition) is 4. The van der Waals surface area contributed by atoms with Crippen molar-refractivity contribution in [1.29, 1.82) is 0 Å². The molecule has 0 rings (SSSR count). The number of carbonyl (C=O) groups is 1. The summed E-state index contributed by atoms with van der Waals surface area (Å²) in [4.78, 5) is 12.5. The zero-order valence-electron chi connectivity index (χ0n) is 17.5. The quantitative estimate of drug-likeness (QED) is 0.236. The van der Waals surface area contributed by atoms with Crippen LogP contribution in [0.1, 0.15) is 60.3 Å². The van der Waals surface area contributed by atoms with Gasteiger partial charge >= 0.3 is 0 Å². The van der Waals surface area contributed by atoms with Gasteiger partial charge in [0.1, 0.15) is 6.29 Å². The highest BCUT2D eigenvalue weighted by atomic mass is 32.2. The second-order valence-corrected chi connectivity index (χ2v) is 9.11. The van der Waals surface area contributed by atoms with Crippen LogP contribution in [-0.2, 0) is 9.53 Å². The van der Waals surface area contributed by atoms with Crippen LogP contribution in [0.4, 0.5) is 0 Å². The number of hydrogen-bond acceptors (Lipinski definition) is 7.